The van der Waals surface area contributed by atoms with Crippen LogP contribution in [-0.4, -0.2) is 23.4 Å². The maximum absolute atomic E-state index is 7.62. The molecule has 0 heterocycles. The van der Waals surface area contributed by atoms with Gasteiger partial charge < -0.3 is 10.2 Å². The largest absolute Gasteiger partial charge is 0.394 e. The van der Waals surface area contributed by atoms with Crippen LogP contribution in [0.1, 0.15) is 0 Å². The Hall–Kier alpha value is -0.860. The number of aliphatic hydroxyl groups excluding tert-OH is 2. The molecule has 0 radical (unpaired) electrons. The lowest BCUT2D eigenvalue weighted by Crippen LogP contribution is -1.85. The molecule has 2 N–H and O–H groups in total. The van der Waals surface area contributed by atoms with E-state index in [2.05, 4.69) is 39.5 Å². The molecule has 0 aromatic heterocycles. The highest BCUT2D eigenvalue weighted by Gasteiger charge is 1.58. The van der Waals surface area contributed by atoms with Crippen LogP contribution in [-0.2, 0) is 0 Å². The van der Waals surface area contributed by atoms with Crippen LogP contribution in [0, 0.1) is 0 Å². The molecular weight excluding hydrogens is 128 g/mol. The molecule has 0 spiro atoms. The molecule has 0 aromatic carbocycles. The van der Waals surface area contributed by atoms with Gasteiger partial charge in [0.25, 0.3) is 0 Å². The number of hydrogen-bond donors (Lipinski definition) is 2. The maximum atomic E-state index is 7.62. The number of rotatable bonds is 1. The van der Waals surface area contributed by atoms with Gasteiger partial charge in [0.15, 0.2) is 0 Å². The molecule has 0 aliphatic heterocycles. The first kappa shape index (κ1) is 22.9. The second-order valence-corrected chi connectivity index (χ2v) is 0.447. The third kappa shape index (κ3) is 13700. The minimum Gasteiger partial charge on any atom is -0.394 e. The Morgan fingerprint density at radius 2 is 0.700 bits per heavy atom. The molecule has 0 saturated carbocycles. The van der Waals surface area contributed by atoms with Crippen molar-refractivity contribution in [3.05, 3.63) is 39.5 Å². The summed E-state index contributed by atoms with van der Waals surface area (Å²) in [5.41, 5.74) is 0. The molecule has 0 amide bonds. The molecule has 0 fully saturated rings. The fourth-order valence-electron chi connectivity index (χ4n) is 0. The third-order valence-electron chi connectivity index (χ3n) is 0.1000. The summed E-state index contributed by atoms with van der Waals surface area (Å²) < 4.78 is 0. The first-order valence-corrected chi connectivity index (χ1v) is 2.63. The van der Waals surface area contributed by atoms with Gasteiger partial charge in [-0.1, -0.05) is 0 Å². The molecule has 0 rings (SSSR count). The fourth-order valence-corrected chi connectivity index (χ4v) is 0. The maximum Gasteiger partial charge on any atom is 0.0662 e. The molecular formula is C8H18O2. The van der Waals surface area contributed by atoms with E-state index in [4.69, 9.17) is 10.2 Å². The molecule has 0 aliphatic rings. The van der Waals surface area contributed by atoms with E-state index in [9.17, 15) is 0 Å². The van der Waals surface area contributed by atoms with Crippen LogP contribution in [0.3, 0.4) is 0 Å². The van der Waals surface area contributed by atoms with Gasteiger partial charge in [0.05, 0.1) is 13.2 Å². The van der Waals surface area contributed by atoms with Gasteiger partial charge in [0.1, 0.15) is 0 Å². The van der Waals surface area contributed by atoms with E-state index in [0.29, 0.717) is 0 Å². The molecule has 62 valence electrons. The van der Waals surface area contributed by atoms with E-state index in [-0.39, 0.29) is 13.2 Å². The first-order chi connectivity index (χ1) is 4.91. The highest BCUT2D eigenvalue weighted by molar-refractivity contribution is 4.22. The molecule has 0 aliphatic carbocycles. The zero-order valence-electron chi connectivity index (χ0n) is 6.55. The summed E-state index contributed by atoms with van der Waals surface area (Å²) in [4.78, 5) is 0. The van der Waals surface area contributed by atoms with E-state index in [1.54, 1.807) is 0 Å². The minimum atomic E-state index is -0.125. The second-order valence-electron chi connectivity index (χ2n) is 0.447. The minimum absolute atomic E-state index is 0.125. The van der Waals surface area contributed by atoms with Gasteiger partial charge in [-0.25, -0.2) is 0 Å². The smallest absolute Gasteiger partial charge is 0.0662 e. The predicted octanol–water partition coefficient (Wildman–Crippen LogP) is 1.38. The second kappa shape index (κ2) is 319. The fraction of sp³-hybridized carbons (Fsp3) is 0.250. The molecule has 2 heteroatoms. The normalized spacial score (nSPS) is 4.20. The van der Waals surface area contributed by atoms with Crippen molar-refractivity contribution in [2.45, 2.75) is 0 Å². The van der Waals surface area contributed by atoms with E-state index in [1.807, 2.05) is 0 Å². The van der Waals surface area contributed by atoms with Crippen molar-refractivity contribution in [1.29, 1.82) is 0 Å². The van der Waals surface area contributed by atoms with Gasteiger partial charge in [-0.05, 0) is 0 Å². The van der Waals surface area contributed by atoms with Crippen molar-refractivity contribution in [3.63, 3.8) is 0 Å². The van der Waals surface area contributed by atoms with E-state index in [1.165, 1.54) is 0 Å². The monoisotopic (exact) mass is 146 g/mol. The average molecular weight is 146 g/mol. The van der Waals surface area contributed by atoms with Crippen molar-refractivity contribution in [3.8, 4) is 0 Å². The van der Waals surface area contributed by atoms with Gasteiger partial charge in [-0.15, -0.1) is 39.5 Å². The summed E-state index contributed by atoms with van der Waals surface area (Å²) in [6, 6.07) is 0. The summed E-state index contributed by atoms with van der Waals surface area (Å²) in [5.74, 6) is 0. The van der Waals surface area contributed by atoms with E-state index < -0.39 is 0 Å². The molecule has 0 bridgehead atoms. The predicted molar refractivity (Wildman–Crippen MR) is 47.9 cm³/mol. The van der Waals surface area contributed by atoms with Crippen molar-refractivity contribution < 1.29 is 10.2 Å². The molecule has 10 heavy (non-hydrogen) atoms. The lowest BCUT2D eigenvalue weighted by atomic mass is 10.8. The van der Waals surface area contributed by atoms with Crippen LogP contribution in [0.25, 0.3) is 0 Å². The number of hydrogen-bond acceptors (Lipinski definition) is 2. The lowest BCUT2D eigenvalue weighted by Gasteiger charge is -1.70. The van der Waals surface area contributed by atoms with Gasteiger partial charge in [0.2, 0.25) is 0 Å². The van der Waals surface area contributed by atoms with Gasteiger partial charge in [0, 0.05) is 0 Å². The molecule has 0 atom stereocenters. The van der Waals surface area contributed by atoms with Crippen molar-refractivity contribution >= 4 is 0 Å². The topological polar surface area (TPSA) is 40.5 Å². The van der Waals surface area contributed by atoms with Crippen LogP contribution in [0.15, 0.2) is 39.5 Å². The Balaban J connectivity index is -0.0000000262. The Morgan fingerprint density at radius 3 is 0.700 bits per heavy atom. The molecule has 0 saturated heterocycles. The van der Waals surface area contributed by atoms with Crippen LogP contribution in [0.4, 0.5) is 0 Å². The molecule has 0 aromatic rings. The summed E-state index contributed by atoms with van der Waals surface area (Å²) in [6.45, 7) is 17.8. The summed E-state index contributed by atoms with van der Waals surface area (Å²) >= 11 is 0. The highest BCUT2D eigenvalue weighted by atomic mass is 16.3. The van der Waals surface area contributed by atoms with Crippen LogP contribution >= 0.6 is 0 Å². The first-order valence-electron chi connectivity index (χ1n) is 2.63. The Kier molecular flexibility index (Phi) is 732. The van der Waals surface area contributed by atoms with E-state index >= 15 is 0 Å². The summed E-state index contributed by atoms with van der Waals surface area (Å²) in [5, 5.41) is 15.2. The standard InChI is InChI=1S/C2H6O2.3C2H4/c3-1-2-4;3*1-2/h3-4H,1-2H2;3*1-2H2. The van der Waals surface area contributed by atoms with Crippen molar-refractivity contribution in [1.82, 2.24) is 0 Å². The van der Waals surface area contributed by atoms with E-state index in [0.717, 1.165) is 0 Å². The molecule has 2 nitrogen and oxygen atoms in total. The summed E-state index contributed by atoms with van der Waals surface area (Å²) in [7, 11) is 0. The van der Waals surface area contributed by atoms with Gasteiger partial charge >= 0.3 is 0 Å². The Labute approximate surface area is 63.8 Å². The van der Waals surface area contributed by atoms with Gasteiger partial charge in [-0.3, -0.25) is 0 Å². The van der Waals surface area contributed by atoms with Crippen molar-refractivity contribution in [2.75, 3.05) is 13.2 Å². The Bertz CT molecular complexity index is 23.7. The van der Waals surface area contributed by atoms with Crippen molar-refractivity contribution in [2.24, 2.45) is 0 Å². The summed E-state index contributed by atoms with van der Waals surface area (Å²) in [6.07, 6.45) is 0. The Morgan fingerprint density at radius 1 is 0.600 bits per heavy atom. The molecule has 0 unspecified atom stereocenters. The number of aliphatic hydroxyl groups is 2. The quantitative estimate of drug-likeness (QED) is 0.549. The van der Waals surface area contributed by atoms with Crippen LogP contribution in [0.5, 0.6) is 0 Å². The average Bonchev–Trinajstić information content (AvgIpc) is 2.14. The zero-order chi connectivity index (χ0) is 9.41. The van der Waals surface area contributed by atoms with Gasteiger partial charge in [-0.2, -0.15) is 0 Å². The SMILES string of the molecule is C=C.C=C.C=C.OCCO. The van der Waals surface area contributed by atoms with Crippen LogP contribution < -0.4 is 0 Å². The lowest BCUT2D eigenvalue weighted by molar-refractivity contribution is 0.186. The third-order valence-corrected chi connectivity index (χ3v) is 0.1000. The highest BCUT2D eigenvalue weighted by Crippen LogP contribution is 1.39. The van der Waals surface area contributed by atoms with Crippen LogP contribution in [0.2, 0.25) is 0 Å². The zero-order valence-corrected chi connectivity index (χ0v) is 6.55.